The van der Waals surface area contributed by atoms with Gasteiger partial charge in [0, 0.05) is 39.4 Å². The first-order chi connectivity index (χ1) is 9.31. The third-order valence-electron chi connectivity index (χ3n) is 3.60. The number of ether oxygens (including phenoxy) is 1. The number of hydrogen-bond acceptors (Lipinski definition) is 3. The molecule has 0 radical (unpaired) electrons. The standard InChI is InChI=1S/C14H30N4O/c1-4-18-10-6-8-13(18)12-17-14(15-3)16-9-7-11-19-5-2/h13H,4-12H2,1-3H3,(H2,15,16,17). The summed E-state index contributed by atoms with van der Waals surface area (Å²) < 4.78 is 5.31. The molecule has 0 spiro atoms. The summed E-state index contributed by atoms with van der Waals surface area (Å²) in [6.07, 6.45) is 3.63. The Hall–Kier alpha value is -0.810. The van der Waals surface area contributed by atoms with Crippen LogP contribution in [0.5, 0.6) is 0 Å². The summed E-state index contributed by atoms with van der Waals surface area (Å²) in [7, 11) is 1.82. The lowest BCUT2D eigenvalue weighted by Crippen LogP contribution is -2.45. The molecule has 0 amide bonds. The number of hydrogen-bond donors (Lipinski definition) is 2. The second-order valence-corrected chi connectivity index (χ2v) is 4.86. The zero-order valence-electron chi connectivity index (χ0n) is 12.7. The minimum absolute atomic E-state index is 0.659. The van der Waals surface area contributed by atoms with E-state index in [2.05, 4.69) is 27.4 Å². The Bertz CT molecular complexity index is 258. The maximum absolute atomic E-state index is 5.31. The minimum Gasteiger partial charge on any atom is -0.382 e. The smallest absolute Gasteiger partial charge is 0.191 e. The van der Waals surface area contributed by atoms with E-state index in [9.17, 15) is 0 Å². The van der Waals surface area contributed by atoms with E-state index >= 15 is 0 Å². The maximum atomic E-state index is 5.31. The molecule has 5 heteroatoms. The number of guanidine groups is 1. The fourth-order valence-electron chi connectivity index (χ4n) is 2.50. The number of nitrogens with one attached hydrogen (secondary N) is 2. The molecule has 0 aromatic heterocycles. The molecular weight excluding hydrogens is 240 g/mol. The van der Waals surface area contributed by atoms with Gasteiger partial charge in [0.2, 0.25) is 0 Å². The van der Waals surface area contributed by atoms with Crippen molar-refractivity contribution in [2.75, 3.05) is 46.4 Å². The molecule has 5 nitrogen and oxygen atoms in total. The number of nitrogens with zero attached hydrogens (tertiary/aromatic N) is 2. The van der Waals surface area contributed by atoms with Gasteiger partial charge in [0.05, 0.1) is 0 Å². The van der Waals surface area contributed by atoms with E-state index in [1.807, 2.05) is 14.0 Å². The fraction of sp³-hybridized carbons (Fsp3) is 0.929. The van der Waals surface area contributed by atoms with Gasteiger partial charge >= 0.3 is 0 Å². The monoisotopic (exact) mass is 270 g/mol. The van der Waals surface area contributed by atoms with Gasteiger partial charge in [0.15, 0.2) is 5.96 Å². The van der Waals surface area contributed by atoms with Crippen LogP contribution in [0.2, 0.25) is 0 Å². The highest BCUT2D eigenvalue weighted by Gasteiger charge is 2.22. The van der Waals surface area contributed by atoms with Crippen LogP contribution in [0.1, 0.15) is 33.1 Å². The zero-order chi connectivity index (χ0) is 13.9. The molecule has 1 aliphatic heterocycles. The number of likely N-dealkylation sites (N-methyl/N-ethyl adjacent to an activating group) is 1. The van der Waals surface area contributed by atoms with E-state index in [-0.39, 0.29) is 0 Å². The van der Waals surface area contributed by atoms with E-state index < -0.39 is 0 Å². The van der Waals surface area contributed by atoms with Crippen LogP contribution in [-0.2, 0) is 4.74 Å². The second-order valence-electron chi connectivity index (χ2n) is 4.86. The lowest BCUT2D eigenvalue weighted by Gasteiger charge is -2.23. The van der Waals surface area contributed by atoms with Crippen molar-refractivity contribution < 1.29 is 4.74 Å². The van der Waals surface area contributed by atoms with Crippen molar-refractivity contribution in [3.05, 3.63) is 0 Å². The first-order valence-corrected chi connectivity index (χ1v) is 7.58. The number of rotatable bonds is 8. The van der Waals surface area contributed by atoms with Crippen LogP contribution in [0.15, 0.2) is 4.99 Å². The Morgan fingerprint density at radius 1 is 1.37 bits per heavy atom. The quantitative estimate of drug-likeness (QED) is 0.393. The predicted octanol–water partition coefficient (Wildman–Crippen LogP) is 1.06. The molecule has 2 N–H and O–H groups in total. The van der Waals surface area contributed by atoms with Crippen LogP contribution in [0.3, 0.4) is 0 Å². The number of likely N-dealkylation sites (tertiary alicyclic amines) is 1. The third-order valence-corrected chi connectivity index (χ3v) is 3.60. The summed E-state index contributed by atoms with van der Waals surface area (Å²) in [5.41, 5.74) is 0. The van der Waals surface area contributed by atoms with E-state index in [1.165, 1.54) is 19.4 Å². The van der Waals surface area contributed by atoms with Crippen LogP contribution >= 0.6 is 0 Å². The maximum Gasteiger partial charge on any atom is 0.191 e. The molecule has 0 saturated carbocycles. The van der Waals surface area contributed by atoms with Crippen LogP contribution in [0.4, 0.5) is 0 Å². The molecule has 1 aliphatic rings. The molecule has 0 aromatic rings. The van der Waals surface area contributed by atoms with E-state index in [0.29, 0.717) is 6.04 Å². The van der Waals surface area contributed by atoms with Gasteiger partial charge in [0.1, 0.15) is 0 Å². The number of aliphatic imine (C=N–C) groups is 1. The van der Waals surface area contributed by atoms with Crippen molar-refractivity contribution in [2.24, 2.45) is 4.99 Å². The summed E-state index contributed by atoms with van der Waals surface area (Å²) in [5.74, 6) is 0.902. The van der Waals surface area contributed by atoms with Gasteiger partial charge in [0.25, 0.3) is 0 Å². The summed E-state index contributed by atoms with van der Waals surface area (Å²) in [4.78, 5) is 6.79. The van der Waals surface area contributed by atoms with Crippen molar-refractivity contribution in [3.8, 4) is 0 Å². The van der Waals surface area contributed by atoms with Crippen molar-refractivity contribution >= 4 is 5.96 Å². The Morgan fingerprint density at radius 3 is 2.89 bits per heavy atom. The van der Waals surface area contributed by atoms with Gasteiger partial charge in [-0.05, 0) is 39.3 Å². The van der Waals surface area contributed by atoms with Gasteiger partial charge in [-0.3, -0.25) is 9.89 Å². The Labute approximate surface area is 117 Å². The van der Waals surface area contributed by atoms with Crippen molar-refractivity contribution in [1.29, 1.82) is 0 Å². The molecule has 1 saturated heterocycles. The van der Waals surface area contributed by atoms with Gasteiger partial charge < -0.3 is 15.4 Å². The van der Waals surface area contributed by atoms with Crippen LogP contribution in [0, 0.1) is 0 Å². The summed E-state index contributed by atoms with van der Waals surface area (Å²) in [6.45, 7) is 10.1. The predicted molar refractivity (Wildman–Crippen MR) is 80.7 cm³/mol. The molecular formula is C14H30N4O. The van der Waals surface area contributed by atoms with Gasteiger partial charge in [-0.1, -0.05) is 6.92 Å². The lowest BCUT2D eigenvalue weighted by atomic mass is 10.2. The van der Waals surface area contributed by atoms with E-state index in [1.54, 1.807) is 0 Å². The average molecular weight is 270 g/mol. The third kappa shape index (κ3) is 6.25. The van der Waals surface area contributed by atoms with Crippen molar-refractivity contribution in [2.45, 2.75) is 39.2 Å². The highest BCUT2D eigenvalue weighted by Crippen LogP contribution is 2.15. The first kappa shape index (κ1) is 16.2. The SMILES string of the molecule is CCOCCCNC(=NC)NCC1CCCN1CC. The molecule has 0 bridgehead atoms. The molecule has 1 atom stereocenters. The minimum atomic E-state index is 0.659. The van der Waals surface area contributed by atoms with Gasteiger partial charge in [-0.15, -0.1) is 0 Å². The molecule has 1 fully saturated rings. The van der Waals surface area contributed by atoms with Crippen LogP contribution in [0.25, 0.3) is 0 Å². The average Bonchev–Trinajstić information content (AvgIpc) is 2.89. The largest absolute Gasteiger partial charge is 0.382 e. The molecule has 0 aliphatic carbocycles. The highest BCUT2D eigenvalue weighted by atomic mass is 16.5. The molecule has 1 heterocycles. The molecule has 1 unspecified atom stereocenters. The van der Waals surface area contributed by atoms with Crippen molar-refractivity contribution in [1.82, 2.24) is 15.5 Å². The van der Waals surface area contributed by atoms with Crippen molar-refractivity contribution in [3.63, 3.8) is 0 Å². The second kappa shape index (κ2) is 10.0. The summed E-state index contributed by atoms with van der Waals surface area (Å²) in [6, 6.07) is 0.659. The highest BCUT2D eigenvalue weighted by molar-refractivity contribution is 5.79. The molecule has 1 rings (SSSR count). The fourth-order valence-corrected chi connectivity index (χ4v) is 2.50. The van der Waals surface area contributed by atoms with Gasteiger partial charge in [-0.25, -0.2) is 0 Å². The van der Waals surface area contributed by atoms with E-state index in [4.69, 9.17) is 4.74 Å². The molecule has 0 aromatic carbocycles. The summed E-state index contributed by atoms with van der Waals surface area (Å²) >= 11 is 0. The first-order valence-electron chi connectivity index (χ1n) is 7.58. The topological polar surface area (TPSA) is 48.9 Å². The Morgan fingerprint density at radius 2 is 2.21 bits per heavy atom. The normalized spacial score (nSPS) is 20.8. The van der Waals surface area contributed by atoms with Gasteiger partial charge in [-0.2, -0.15) is 0 Å². The lowest BCUT2D eigenvalue weighted by molar-refractivity contribution is 0.145. The zero-order valence-corrected chi connectivity index (χ0v) is 12.7. The van der Waals surface area contributed by atoms with Crippen LogP contribution < -0.4 is 10.6 Å². The molecule has 19 heavy (non-hydrogen) atoms. The Balaban J connectivity index is 2.14. The molecule has 112 valence electrons. The Kier molecular flexibility index (Phi) is 8.58. The summed E-state index contributed by atoms with van der Waals surface area (Å²) in [5, 5.41) is 6.75. The van der Waals surface area contributed by atoms with Crippen LogP contribution in [-0.4, -0.2) is 63.3 Å². The van der Waals surface area contributed by atoms with E-state index in [0.717, 1.165) is 45.2 Å².